The molecule has 0 bridgehead atoms. The fourth-order valence-electron chi connectivity index (χ4n) is 2.34. The van der Waals surface area contributed by atoms with Crippen LogP contribution in [0.1, 0.15) is 17.3 Å². The Morgan fingerprint density at radius 1 is 1.40 bits per heavy atom. The van der Waals surface area contributed by atoms with Crippen LogP contribution in [0.5, 0.6) is 0 Å². The maximum Gasteiger partial charge on any atom is 0.156 e. The predicted molar refractivity (Wildman–Crippen MR) is 77.4 cm³/mol. The summed E-state index contributed by atoms with van der Waals surface area (Å²) in [5.74, 6) is 0.401. The molecule has 0 saturated carbocycles. The second kappa shape index (κ2) is 4.48. The van der Waals surface area contributed by atoms with Crippen molar-refractivity contribution in [2.45, 2.75) is 13.5 Å². The monoisotopic (exact) mass is 269 g/mol. The maximum atomic E-state index is 11.3. The van der Waals surface area contributed by atoms with Crippen LogP contribution >= 0.6 is 0 Å². The Morgan fingerprint density at radius 3 is 2.90 bits per heavy atom. The maximum absolute atomic E-state index is 11.3. The predicted octanol–water partition coefficient (Wildman–Crippen LogP) is 1.85. The fraction of sp³-hybridized carbons (Fsp3) is 0.214. The number of nitrogens with zero attached hydrogens (tertiary/aromatic N) is 4. The van der Waals surface area contributed by atoms with E-state index in [1.165, 1.54) is 0 Å². The molecule has 0 aliphatic carbocycles. The third-order valence-electron chi connectivity index (χ3n) is 3.45. The molecule has 6 heteroatoms. The molecule has 6 nitrogen and oxygen atoms in total. The summed E-state index contributed by atoms with van der Waals surface area (Å²) < 4.78 is 3.57. The number of fused-ring (bicyclic) bond motifs is 1. The van der Waals surface area contributed by atoms with Gasteiger partial charge in [0.15, 0.2) is 6.29 Å². The van der Waals surface area contributed by atoms with Crippen molar-refractivity contribution >= 4 is 23.1 Å². The first kappa shape index (κ1) is 12.4. The van der Waals surface area contributed by atoms with E-state index >= 15 is 0 Å². The molecule has 0 aliphatic heterocycles. The first-order chi connectivity index (χ1) is 9.65. The first-order valence-corrected chi connectivity index (χ1v) is 6.38. The number of imidazole rings is 1. The number of nitrogen functional groups attached to an aromatic ring is 1. The lowest BCUT2D eigenvalue weighted by Gasteiger charge is -1.99. The van der Waals surface area contributed by atoms with Gasteiger partial charge < -0.3 is 10.3 Å². The number of benzene rings is 1. The third kappa shape index (κ3) is 1.69. The van der Waals surface area contributed by atoms with Crippen LogP contribution in [0.4, 0.5) is 5.82 Å². The van der Waals surface area contributed by atoms with Gasteiger partial charge in [-0.2, -0.15) is 5.10 Å². The number of hydrogen-bond donors (Lipinski definition) is 1. The number of rotatable bonds is 3. The van der Waals surface area contributed by atoms with Crippen LogP contribution in [0.15, 0.2) is 24.5 Å². The van der Waals surface area contributed by atoms with Crippen molar-refractivity contribution in [3.63, 3.8) is 0 Å². The smallest absolute Gasteiger partial charge is 0.156 e. The molecule has 3 aromatic rings. The van der Waals surface area contributed by atoms with Gasteiger partial charge in [-0.15, -0.1) is 0 Å². The molecule has 2 aromatic heterocycles. The highest BCUT2D eigenvalue weighted by atomic mass is 16.1. The Kier molecular flexibility index (Phi) is 2.78. The number of aromatic nitrogens is 4. The molecule has 2 N–H and O–H groups in total. The highest BCUT2D eigenvalue weighted by Crippen LogP contribution is 2.28. The van der Waals surface area contributed by atoms with Crippen molar-refractivity contribution < 1.29 is 4.79 Å². The molecule has 102 valence electrons. The van der Waals surface area contributed by atoms with Crippen LogP contribution < -0.4 is 5.73 Å². The summed E-state index contributed by atoms with van der Waals surface area (Å²) in [5.41, 5.74) is 9.71. The van der Waals surface area contributed by atoms with Crippen LogP contribution in [0.2, 0.25) is 0 Å². The standard InChI is InChI=1S/C14H15N5O/c1-3-19-14(15)10(7-20)13(17-19)9-4-5-12-11(6-9)16-8-18(12)2/h4-8H,3,15H2,1-2H3. The molecule has 0 aliphatic rings. The first-order valence-electron chi connectivity index (χ1n) is 6.38. The van der Waals surface area contributed by atoms with Gasteiger partial charge in [0.25, 0.3) is 0 Å². The highest BCUT2D eigenvalue weighted by molar-refractivity contribution is 5.93. The number of carbonyl (C=O) groups is 1. The molecule has 1 aromatic carbocycles. The summed E-state index contributed by atoms with van der Waals surface area (Å²) in [4.78, 5) is 15.6. The summed E-state index contributed by atoms with van der Waals surface area (Å²) in [6, 6.07) is 5.82. The van der Waals surface area contributed by atoms with Gasteiger partial charge in [0, 0.05) is 19.2 Å². The Morgan fingerprint density at radius 2 is 2.20 bits per heavy atom. The minimum absolute atomic E-state index is 0.401. The minimum atomic E-state index is 0.401. The van der Waals surface area contributed by atoms with E-state index < -0.39 is 0 Å². The SMILES string of the molecule is CCn1nc(-c2ccc3c(c2)ncn3C)c(C=O)c1N. The number of anilines is 1. The van der Waals surface area contributed by atoms with Crippen molar-refractivity contribution in [3.05, 3.63) is 30.1 Å². The van der Waals surface area contributed by atoms with Crippen LogP contribution in [0.3, 0.4) is 0 Å². The third-order valence-corrected chi connectivity index (χ3v) is 3.45. The van der Waals surface area contributed by atoms with Crippen molar-refractivity contribution in [2.75, 3.05) is 5.73 Å². The fourth-order valence-corrected chi connectivity index (χ4v) is 2.34. The van der Waals surface area contributed by atoms with Crippen molar-refractivity contribution in [1.29, 1.82) is 0 Å². The average Bonchev–Trinajstić information content (AvgIpc) is 2.99. The molecular weight excluding hydrogens is 254 g/mol. The van der Waals surface area contributed by atoms with E-state index in [-0.39, 0.29) is 0 Å². The number of hydrogen-bond acceptors (Lipinski definition) is 4. The summed E-state index contributed by atoms with van der Waals surface area (Å²) in [6.45, 7) is 2.56. The van der Waals surface area contributed by atoms with Gasteiger partial charge in [-0.25, -0.2) is 9.67 Å². The quantitative estimate of drug-likeness (QED) is 0.736. The summed E-state index contributed by atoms with van der Waals surface area (Å²) >= 11 is 0. The van der Waals surface area contributed by atoms with Gasteiger partial charge in [-0.3, -0.25) is 4.79 Å². The van der Waals surface area contributed by atoms with E-state index in [1.807, 2.05) is 36.7 Å². The van der Waals surface area contributed by atoms with Crippen molar-refractivity contribution in [1.82, 2.24) is 19.3 Å². The van der Waals surface area contributed by atoms with Crippen molar-refractivity contribution in [2.24, 2.45) is 7.05 Å². The molecule has 2 heterocycles. The molecule has 0 fully saturated rings. The topological polar surface area (TPSA) is 78.7 Å². The lowest BCUT2D eigenvalue weighted by Crippen LogP contribution is -2.02. The molecular formula is C14H15N5O. The second-order valence-corrected chi connectivity index (χ2v) is 4.64. The highest BCUT2D eigenvalue weighted by Gasteiger charge is 2.16. The largest absolute Gasteiger partial charge is 0.383 e. The van der Waals surface area contributed by atoms with Crippen LogP contribution in [-0.2, 0) is 13.6 Å². The zero-order valence-corrected chi connectivity index (χ0v) is 11.4. The Bertz CT molecular complexity index is 799. The number of carbonyl (C=O) groups excluding carboxylic acids is 1. The van der Waals surface area contributed by atoms with Gasteiger partial charge >= 0.3 is 0 Å². The normalized spacial score (nSPS) is 11.1. The van der Waals surface area contributed by atoms with Crippen LogP contribution in [-0.4, -0.2) is 25.6 Å². The summed E-state index contributed by atoms with van der Waals surface area (Å²) in [6.07, 6.45) is 2.51. The minimum Gasteiger partial charge on any atom is -0.383 e. The Balaban J connectivity index is 2.22. The van der Waals surface area contributed by atoms with E-state index in [0.29, 0.717) is 23.6 Å². The molecule has 0 radical (unpaired) electrons. The molecule has 0 atom stereocenters. The molecule has 0 amide bonds. The van der Waals surface area contributed by atoms with E-state index in [4.69, 9.17) is 5.73 Å². The van der Waals surface area contributed by atoms with Gasteiger partial charge in [0.05, 0.1) is 22.9 Å². The van der Waals surface area contributed by atoms with E-state index in [2.05, 4.69) is 10.1 Å². The Labute approximate surface area is 115 Å². The van der Waals surface area contributed by atoms with Crippen LogP contribution in [0, 0.1) is 0 Å². The van der Waals surface area contributed by atoms with Gasteiger partial charge in [-0.05, 0) is 19.1 Å². The number of aldehydes is 1. The molecule has 3 rings (SSSR count). The average molecular weight is 269 g/mol. The van der Waals surface area contributed by atoms with E-state index in [0.717, 1.165) is 22.9 Å². The van der Waals surface area contributed by atoms with Gasteiger partial charge in [0.2, 0.25) is 0 Å². The van der Waals surface area contributed by atoms with Gasteiger partial charge in [0.1, 0.15) is 11.5 Å². The van der Waals surface area contributed by atoms with E-state index in [9.17, 15) is 4.79 Å². The van der Waals surface area contributed by atoms with Crippen molar-refractivity contribution in [3.8, 4) is 11.3 Å². The Hall–Kier alpha value is -2.63. The number of nitrogens with two attached hydrogens (primary N) is 1. The molecule has 0 unspecified atom stereocenters. The molecule has 0 spiro atoms. The second-order valence-electron chi connectivity index (χ2n) is 4.64. The zero-order valence-electron chi connectivity index (χ0n) is 11.4. The summed E-state index contributed by atoms with van der Waals surface area (Å²) in [5, 5.41) is 4.41. The van der Waals surface area contributed by atoms with E-state index in [1.54, 1.807) is 11.0 Å². The molecule has 0 saturated heterocycles. The molecule has 20 heavy (non-hydrogen) atoms. The van der Waals surface area contributed by atoms with Gasteiger partial charge in [-0.1, -0.05) is 6.07 Å². The van der Waals surface area contributed by atoms with Crippen LogP contribution in [0.25, 0.3) is 22.3 Å². The lowest BCUT2D eigenvalue weighted by atomic mass is 10.1. The zero-order chi connectivity index (χ0) is 14.3. The number of aryl methyl sites for hydroxylation is 2. The summed E-state index contributed by atoms with van der Waals surface area (Å²) in [7, 11) is 1.94. The lowest BCUT2D eigenvalue weighted by molar-refractivity contribution is 0.112.